The molecule has 0 fully saturated rings. The Balaban J connectivity index is 3.44. The fourth-order valence-corrected chi connectivity index (χ4v) is 1.58. The zero-order valence-corrected chi connectivity index (χ0v) is 9.52. The Morgan fingerprint density at radius 1 is 1.62 bits per heavy atom. The summed E-state index contributed by atoms with van der Waals surface area (Å²) in [5.41, 5.74) is -0.175. The lowest BCUT2D eigenvalue weighted by atomic mass is 10.1. The van der Waals surface area contributed by atoms with Crippen LogP contribution in [0.4, 0.5) is 8.78 Å². The molecule has 0 spiro atoms. The summed E-state index contributed by atoms with van der Waals surface area (Å²) in [4.78, 5) is 15.2. The minimum Gasteiger partial charge on any atom is -0.465 e. The van der Waals surface area contributed by atoms with Gasteiger partial charge in [0.1, 0.15) is 0 Å². The number of nitrogens with zero attached hydrogens (tertiary/aromatic N) is 1. The van der Waals surface area contributed by atoms with E-state index in [0.717, 1.165) is 7.11 Å². The number of aryl methyl sites for hydroxylation is 1. The maximum absolute atomic E-state index is 12.8. The molecule has 0 aliphatic rings. The van der Waals surface area contributed by atoms with Gasteiger partial charge in [-0.1, -0.05) is 0 Å². The molecule has 16 heavy (non-hydrogen) atoms. The minimum atomic E-state index is -2.81. The van der Waals surface area contributed by atoms with E-state index < -0.39 is 18.0 Å². The number of aromatic nitrogens is 1. The van der Waals surface area contributed by atoms with Crippen LogP contribution in [0.15, 0.2) is 6.07 Å². The number of hydrogen-bond acceptors (Lipinski definition) is 3. The van der Waals surface area contributed by atoms with Gasteiger partial charge in [0.15, 0.2) is 0 Å². The number of methoxy groups -OCH3 is 1. The second-order valence-corrected chi connectivity index (χ2v) is 3.36. The molecule has 1 aromatic heterocycles. The van der Waals surface area contributed by atoms with Crippen LogP contribution in [0.2, 0.25) is 0 Å². The van der Waals surface area contributed by atoms with E-state index in [1.54, 1.807) is 6.92 Å². The lowest BCUT2D eigenvalue weighted by Crippen LogP contribution is -2.11. The molecule has 0 atom stereocenters. The molecule has 6 heteroatoms. The number of ether oxygens (including phenoxy) is 1. The van der Waals surface area contributed by atoms with Crippen molar-refractivity contribution in [3.05, 3.63) is 28.6 Å². The Kier molecular flexibility index (Phi) is 4.18. The molecule has 0 radical (unpaired) electrons. The van der Waals surface area contributed by atoms with Crippen molar-refractivity contribution >= 4 is 17.6 Å². The maximum atomic E-state index is 12.8. The van der Waals surface area contributed by atoms with Gasteiger partial charge in [-0.25, -0.2) is 13.6 Å². The van der Waals surface area contributed by atoms with E-state index in [0.29, 0.717) is 5.69 Å². The van der Waals surface area contributed by atoms with Crippen LogP contribution in [0.1, 0.15) is 33.7 Å². The lowest BCUT2D eigenvalue weighted by molar-refractivity contribution is 0.0588. The molecule has 0 bridgehead atoms. The highest BCUT2D eigenvalue weighted by molar-refractivity contribution is 6.17. The first-order valence-electron chi connectivity index (χ1n) is 4.44. The molecule has 1 heterocycles. The average molecular weight is 250 g/mol. The first kappa shape index (κ1) is 12.8. The molecule has 0 saturated carbocycles. The highest BCUT2D eigenvalue weighted by atomic mass is 35.5. The van der Waals surface area contributed by atoms with Crippen molar-refractivity contribution < 1.29 is 18.3 Å². The Labute approximate surface area is 96.4 Å². The maximum Gasteiger partial charge on any atom is 0.338 e. The molecule has 88 valence electrons. The summed E-state index contributed by atoms with van der Waals surface area (Å²) in [6, 6.07) is 1.27. The summed E-state index contributed by atoms with van der Waals surface area (Å²) in [7, 11) is 1.13. The van der Waals surface area contributed by atoms with E-state index in [4.69, 9.17) is 11.6 Å². The second kappa shape index (κ2) is 5.21. The van der Waals surface area contributed by atoms with Gasteiger partial charge in [0.2, 0.25) is 0 Å². The van der Waals surface area contributed by atoms with Crippen LogP contribution in [0.5, 0.6) is 0 Å². The van der Waals surface area contributed by atoms with Crippen LogP contribution < -0.4 is 0 Å². The van der Waals surface area contributed by atoms with Crippen LogP contribution >= 0.6 is 11.6 Å². The van der Waals surface area contributed by atoms with E-state index in [9.17, 15) is 13.6 Å². The monoisotopic (exact) mass is 249 g/mol. The molecular formula is C10H10ClF2NO2. The van der Waals surface area contributed by atoms with Gasteiger partial charge in [0.25, 0.3) is 6.43 Å². The first-order chi connectivity index (χ1) is 7.51. The van der Waals surface area contributed by atoms with Gasteiger partial charge in [0.05, 0.1) is 29.8 Å². The number of carbonyl (C=O) groups is 1. The van der Waals surface area contributed by atoms with Crippen molar-refractivity contribution in [2.45, 2.75) is 19.2 Å². The minimum absolute atomic E-state index is 0.0112. The first-order valence-corrected chi connectivity index (χ1v) is 4.97. The van der Waals surface area contributed by atoms with Crippen LogP contribution in [0.3, 0.4) is 0 Å². The van der Waals surface area contributed by atoms with Gasteiger partial charge in [-0.05, 0) is 13.0 Å². The lowest BCUT2D eigenvalue weighted by Gasteiger charge is -2.11. The standard InChI is InChI=1S/C10H10ClF2NO2/c1-5-3-6(10(15)16-2)8(9(12)13)7(4-11)14-5/h3,9H,4H2,1-2H3. The molecule has 0 aromatic carbocycles. The predicted octanol–water partition coefficient (Wildman–Crippen LogP) is 2.85. The largest absolute Gasteiger partial charge is 0.465 e. The predicted molar refractivity (Wildman–Crippen MR) is 54.8 cm³/mol. The molecule has 3 nitrogen and oxygen atoms in total. The van der Waals surface area contributed by atoms with E-state index in [1.807, 2.05) is 0 Å². The second-order valence-electron chi connectivity index (χ2n) is 3.10. The summed E-state index contributed by atoms with van der Waals surface area (Å²) in [5.74, 6) is -0.988. The molecule has 0 aliphatic heterocycles. The fourth-order valence-electron chi connectivity index (χ4n) is 1.37. The zero-order valence-electron chi connectivity index (χ0n) is 8.76. The Bertz CT molecular complexity index is 410. The van der Waals surface area contributed by atoms with Gasteiger partial charge < -0.3 is 4.74 Å². The van der Waals surface area contributed by atoms with Gasteiger partial charge in [0, 0.05) is 5.69 Å². The van der Waals surface area contributed by atoms with Crippen molar-refractivity contribution in [3.8, 4) is 0 Å². The van der Waals surface area contributed by atoms with Crippen molar-refractivity contribution in [3.63, 3.8) is 0 Å². The number of hydrogen-bond donors (Lipinski definition) is 0. The number of carbonyl (C=O) groups excluding carboxylic acids is 1. The number of halogens is 3. The molecular weight excluding hydrogens is 240 g/mol. The fraction of sp³-hybridized carbons (Fsp3) is 0.400. The molecule has 0 amide bonds. The number of pyridine rings is 1. The molecule has 0 aliphatic carbocycles. The summed E-state index contributed by atoms with van der Waals surface area (Å²) in [6.07, 6.45) is -2.81. The summed E-state index contributed by atoms with van der Waals surface area (Å²) >= 11 is 5.52. The van der Waals surface area contributed by atoms with Crippen molar-refractivity contribution in [1.29, 1.82) is 0 Å². The van der Waals surface area contributed by atoms with Crippen LogP contribution in [-0.2, 0) is 10.6 Å². The third-order valence-corrected chi connectivity index (χ3v) is 2.27. The highest BCUT2D eigenvalue weighted by Crippen LogP contribution is 2.28. The van der Waals surface area contributed by atoms with Crippen LogP contribution in [-0.4, -0.2) is 18.1 Å². The van der Waals surface area contributed by atoms with Crippen molar-refractivity contribution in [2.24, 2.45) is 0 Å². The Morgan fingerprint density at radius 2 is 2.25 bits per heavy atom. The van der Waals surface area contributed by atoms with Gasteiger partial charge in [-0.15, -0.1) is 11.6 Å². The topological polar surface area (TPSA) is 39.2 Å². The SMILES string of the molecule is COC(=O)c1cc(C)nc(CCl)c1C(F)F. The van der Waals surface area contributed by atoms with E-state index in [-0.39, 0.29) is 17.1 Å². The smallest absolute Gasteiger partial charge is 0.338 e. The van der Waals surface area contributed by atoms with Crippen LogP contribution in [0, 0.1) is 6.92 Å². The van der Waals surface area contributed by atoms with E-state index in [1.165, 1.54) is 6.07 Å². The molecule has 0 saturated heterocycles. The normalized spacial score (nSPS) is 10.6. The Hall–Kier alpha value is -1.23. The van der Waals surface area contributed by atoms with Crippen molar-refractivity contribution in [2.75, 3.05) is 7.11 Å². The molecule has 1 aromatic rings. The Morgan fingerprint density at radius 3 is 2.69 bits per heavy atom. The third-order valence-electron chi connectivity index (χ3n) is 2.02. The van der Waals surface area contributed by atoms with Gasteiger partial charge in [-0.2, -0.15) is 0 Å². The summed E-state index contributed by atoms with van der Waals surface area (Å²) < 4.78 is 30.0. The summed E-state index contributed by atoms with van der Waals surface area (Å²) in [6.45, 7) is 1.59. The third kappa shape index (κ3) is 2.47. The average Bonchev–Trinajstić information content (AvgIpc) is 2.26. The molecule has 1 rings (SSSR count). The van der Waals surface area contributed by atoms with Crippen LogP contribution in [0.25, 0.3) is 0 Å². The number of rotatable bonds is 3. The molecule has 0 unspecified atom stereocenters. The molecule has 0 N–H and O–H groups in total. The zero-order chi connectivity index (χ0) is 12.3. The quantitative estimate of drug-likeness (QED) is 0.611. The highest BCUT2D eigenvalue weighted by Gasteiger charge is 2.24. The van der Waals surface area contributed by atoms with Crippen molar-refractivity contribution in [1.82, 2.24) is 4.98 Å². The van der Waals surface area contributed by atoms with Gasteiger partial charge >= 0.3 is 5.97 Å². The number of esters is 1. The summed E-state index contributed by atoms with van der Waals surface area (Å²) in [5, 5.41) is 0. The van der Waals surface area contributed by atoms with E-state index in [2.05, 4.69) is 9.72 Å². The number of alkyl halides is 3. The van der Waals surface area contributed by atoms with E-state index >= 15 is 0 Å². The van der Waals surface area contributed by atoms with Gasteiger partial charge in [-0.3, -0.25) is 4.98 Å².